The lowest BCUT2D eigenvalue weighted by atomic mass is 10.0. The van der Waals surface area contributed by atoms with Gasteiger partial charge in [0.2, 0.25) is 0 Å². The molecule has 0 radical (unpaired) electrons. The van der Waals surface area contributed by atoms with Gasteiger partial charge in [0.15, 0.2) is 0 Å². The molecule has 0 unspecified atom stereocenters. The lowest BCUT2D eigenvalue weighted by Crippen LogP contribution is -2.06. The second-order valence-electron chi connectivity index (χ2n) is 7.14. The maximum atomic E-state index is 11.8. The Hall–Kier alpha value is -2.79. The molecule has 0 N–H and O–H groups in total. The minimum atomic E-state index is -0.212. The average Bonchev–Trinajstić information content (AvgIpc) is 3.24. The van der Waals surface area contributed by atoms with Crippen LogP contribution < -0.4 is 4.74 Å². The molecule has 0 saturated carbocycles. The number of esters is 1. The molecule has 0 bridgehead atoms. The predicted molar refractivity (Wildman–Crippen MR) is 124 cm³/mol. The summed E-state index contributed by atoms with van der Waals surface area (Å²) in [5, 5.41) is 10.7. The van der Waals surface area contributed by atoms with Crippen molar-refractivity contribution in [2.45, 2.75) is 52.4 Å². The Morgan fingerprint density at radius 1 is 0.967 bits per heavy atom. The van der Waals surface area contributed by atoms with Gasteiger partial charge >= 0.3 is 5.97 Å². The Kier molecular flexibility index (Phi) is 8.33. The van der Waals surface area contributed by atoms with Gasteiger partial charge in [0.25, 0.3) is 0 Å². The van der Waals surface area contributed by atoms with Gasteiger partial charge in [0, 0.05) is 18.4 Å². The summed E-state index contributed by atoms with van der Waals surface area (Å²) in [5.41, 5.74) is 3.27. The van der Waals surface area contributed by atoms with Crippen LogP contribution in [0.5, 0.6) is 5.75 Å². The zero-order chi connectivity index (χ0) is 21.2. The van der Waals surface area contributed by atoms with Crippen LogP contribution in [0.2, 0.25) is 0 Å². The van der Waals surface area contributed by atoms with Crippen LogP contribution in [0.4, 0.5) is 0 Å². The maximum absolute atomic E-state index is 11.8. The van der Waals surface area contributed by atoms with Crippen molar-refractivity contribution >= 4 is 17.3 Å². The molecule has 3 aromatic rings. The Bertz CT molecular complexity index is 960. The monoisotopic (exact) mass is 420 g/mol. The molecule has 5 heteroatoms. The van der Waals surface area contributed by atoms with E-state index in [1.807, 2.05) is 43.3 Å². The molecule has 0 aliphatic carbocycles. The number of allylic oxidation sites excluding steroid dienone is 2. The zero-order valence-electron chi connectivity index (χ0n) is 17.6. The second-order valence-corrected chi connectivity index (χ2v) is 8.20. The molecule has 0 aliphatic rings. The number of aryl methyl sites for hydroxylation is 1. The van der Waals surface area contributed by atoms with E-state index in [-0.39, 0.29) is 5.97 Å². The van der Waals surface area contributed by atoms with Gasteiger partial charge in [-0.25, -0.2) is 0 Å². The van der Waals surface area contributed by atoms with E-state index < -0.39 is 0 Å². The maximum Gasteiger partial charge on any atom is 0.311 e. The molecule has 0 amide bonds. The molecule has 156 valence electrons. The first-order valence-corrected chi connectivity index (χ1v) is 11.4. The highest BCUT2D eigenvalue weighted by Crippen LogP contribution is 2.28. The highest BCUT2D eigenvalue weighted by Gasteiger charge is 2.08. The number of hydrogen-bond acceptors (Lipinski definition) is 5. The van der Waals surface area contributed by atoms with Crippen LogP contribution in [0.3, 0.4) is 0 Å². The SMILES string of the molecule is C/C=C/CCC(=O)Oc1ccc(-c2ccc(-c3nnc(CCCCC)s3)cc2)cc1. The molecule has 0 aliphatic heterocycles. The number of benzene rings is 2. The summed E-state index contributed by atoms with van der Waals surface area (Å²) in [6.45, 7) is 4.15. The van der Waals surface area contributed by atoms with Gasteiger partial charge < -0.3 is 4.74 Å². The van der Waals surface area contributed by atoms with E-state index in [1.165, 1.54) is 19.3 Å². The first-order chi connectivity index (χ1) is 14.7. The van der Waals surface area contributed by atoms with Crippen molar-refractivity contribution < 1.29 is 9.53 Å². The molecule has 4 nitrogen and oxygen atoms in total. The number of hydrogen-bond donors (Lipinski definition) is 0. The van der Waals surface area contributed by atoms with E-state index in [0.717, 1.165) is 33.1 Å². The fraction of sp³-hybridized carbons (Fsp3) is 0.320. The summed E-state index contributed by atoms with van der Waals surface area (Å²) in [6, 6.07) is 16.0. The van der Waals surface area contributed by atoms with Gasteiger partial charge in [-0.2, -0.15) is 0 Å². The van der Waals surface area contributed by atoms with E-state index in [9.17, 15) is 4.79 Å². The first kappa shape index (κ1) is 21.9. The second kappa shape index (κ2) is 11.4. The number of rotatable bonds is 10. The van der Waals surface area contributed by atoms with Crippen molar-refractivity contribution in [1.82, 2.24) is 10.2 Å². The topological polar surface area (TPSA) is 52.1 Å². The van der Waals surface area contributed by atoms with Crippen molar-refractivity contribution in [2.75, 3.05) is 0 Å². The molecule has 1 aromatic heterocycles. The van der Waals surface area contributed by atoms with Gasteiger partial charge in [-0.3, -0.25) is 4.79 Å². The Morgan fingerprint density at radius 2 is 1.63 bits per heavy atom. The summed E-state index contributed by atoms with van der Waals surface area (Å²) < 4.78 is 5.38. The third kappa shape index (κ3) is 6.36. The normalized spacial score (nSPS) is 11.1. The molecule has 2 aromatic carbocycles. The predicted octanol–water partition coefficient (Wildman–Crippen LogP) is 6.87. The lowest BCUT2D eigenvalue weighted by molar-refractivity contribution is -0.134. The third-order valence-electron chi connectivity index (χ3n) is 4.76. The van der Waals surface area contributed by atoms with E-state index in [2.05, 4.69) is 41.4 Å². The van der Waals surface area contributed by atoms with Crippen LogP contribution in [0, 0.1) is 0 Å². The smallest absolute Gasteiger partial charge is 0.311 e. The van der Waals surface area contributed by atoms with E-state index in [1.54, 1.807) is 11.3 Å². The molecular formula is C25H28N2O2S. The van der Waals surface area contributed by atoms with E-state index in [4.69, 9.17) is 4.74 Å². The van der Waals surface area contributed by atoms with Crippen molar-refractivity contribution in [3.63, 3.8) is 0 Å². The molecule has 0 atom stereocenters. The molecule has 0 fully saturated rings. The number of carbonyl (C=O) groups is 1. The molecular weight excluding hydrogens is 392 g/mol. The first-order valence-electron chi connectivity index (χ1n) is 10.5. The summed E-state index contributed by atoms with van der Waals surface area (Å²) in [4.78, 5) is 11.8. The Labute approximate surface area is 182 Å². The minimum absolute atomic E-state index is 0.212. The van der Waals surface area contributed by atoms with E-state index >= 15 is 0 Å². The van der Waals surface area contributed by atoms with Crippen molar-refractivity contribution in [3.8, 4) is 27.4 Å². The fourth-order valence-electron chi connectivity index (χ4n) is 3.07. The van der Waals surface area contributed by atoms with Gasteiger partial charge in [0.1, 0.15) is 15.8 Å². The number of ether oxygens (including phenoxy) is 1. The van der Waals surface area contributed by atoms with Gasteiger partial charge in [-0.1, -0.05) is 79.7 Å². The molecule has 0 saturated heterocycles. The molecule has 0 spiro atoms. The quantitative estimate of drug-likeness (QED) is 0.155. The van der Waals surface area contributed by atoms with E-state index in [0.29, 0.717) is 18.6 Å². The lowest BCUT2D eigenvalue weighted by Gasteiger charge is -2.06. The summed E-state index contributed by atoms with van der Waals surface area (Å²) in [7, 11) is 0. The van der Waals surface area contributed by atoms with Gasteiger partial charge in [-0.05, 0) is 43.0 Å². The molecule has 3 rings (SSSR count). The van der Waals surface area contributed by atoms with Crippen molar-refractivity contribution in [3.05, 3.63) is 65.7 Å². The number of unbranched alkanes of at least 4 members (excludes halogenated alkanes) is 2. The molecule has 30 heavy (non-hydrogen) atoms. The van der Waals surface area contributed by atoms with Crippen molar-refractivity contribution in [2.24, 2.45) is 0 Å². The summed E-state index contributed by atoms with van der Waals surface area (Å²) >= 11 is 1.68. The number of aromatic nitrogens is 2. The minimum Gasteiger partial charge on any atom is -0.427 e. The standard InChI is InChI=1S/C25H28N2O2S/c1-3-5-7-9-23-26-27-25(30-23)21-13-11-19(12-14-21)20-15-17-22(18-16-20)29-24(28)10-8-6-4-2/h4,6,11-18H,3,5,7-10H2,1-2H3/b6-4+. The summed E-state index contributed by atoms with van der Waals surface area (Å²) in [5.74, 6) is 0.363. The molecule has 1 heterocycles. The fourth-order valence-corrected chi connectivity index (χ4v) is 3.96. The Morgan fingerprint density at radius 3 is 2.30 bits per heavy atom. The van der Waals surface area contributed by atoms with Crippen molar-refractivity contribution in [1.29, 1.82) is 0 Å². The van der Waals surface area contributed by atoms with Crippen LogP contribution >= 0.6 is 11.3 Å². The summed E-state index contributed by atoms with van der Waals surface area (Å²) in [6.07, 6.45) is 9.62. The van der Waals surface area contributed by atoms with Crippen LogP contribution in [0.1, 0.15) is 51.0 Å². The Balaban J connectivity index is 1.60. The number of nitrogens with zero attached hydrogens (tertiary/aromatic N) is 2. The van der Waals surface area contributed by atoms with Gasteiger partial charge in [-0.15, -0.1) is 10.2 Å². The van der Waals surface area contributed by atoms with Crippen LogP contribution in [0.25, 0.3) is 21.7 Å². The zero-order valence-corrected chi connectivity index (χ0v) is 18.5. The van der Waals surface area contributed by atoms with Gasteiger partial charge in [0.05, 0.1) is 0 Å². The average molecular weight is 421 g/mol. The largest absolute Gasteiger partial charge is 0.427 e. The third-order valence-corrected chi connectivity index (χ3v) is 5.80. The highest BCUT2D eigenvalue weighted by molar-refractivity contribution is 7.14. The number of carbonyl (C=O) groups excluding carboxylic acids is 1. The van der Waals surface area contributed by atoms with Crippen LogP contribution in [-0.2, 0) is 11.2 Å². The van der Waals surface area contributed by atoms with Crippen LogP contribution in [0.15, 0.2) is 60.7 Å². The van der Waals surface area contributed by atoms with Crippen LogP contribution in [-0.4, -0.2) is 16.2 Å². The highest BCUT2D eigenvalue weighted by atomic mass is 32.1.